The molecule has 0 aromatic heterocycles. The van der Waals surface area contributed by atoms with Crippen LogP contribution in [0.2, 0.25) is 0 Å². The first-order valence-electron chi connectivity index (χ1n) is 6.88. The minimum absolute atomic E-state index is 0.0421. The fourth-order valence-electron chi connectivity index (χ4n) is 1.74. The van der Waals surface area contributed by atoms with E-state index in [1.165, 1.54) is 38.2 Å². The summed E-state index contributed by atoms with van der Waals surface area (Å²) in [5.41, 5.74) is 0.0717. The molecule has 1 aliphatic rings. The number of benzene rings is 1. The van der Waals surface area contributed by atoms with Crippen molar-refractivity contribution < 1.29 is 22.7 Å². The summed E-state index contributed by atoms with van der Waals surface area (Å²) in [7, 11) is -2.36. The minimum Gasteiger partial charge on any atom is -0.449 e. The van der Waals surface area contributed by atoms with E-state index in [1.54, 1.807) is 0 Å². The van der Waals surface area contributed by atoms with E-state index in [-0.39, 0.29) is 22.4 Å². The Labute approximate surface area is 129 Å². The van der Waals surface area contributed by atoms with Gasteiger partial charge < -0.3 is 10.1 Å². The zero-order chi connectivity index (χ0) is 16.3. The zero-order valence-electron chi connectivity index (χ0n) is 12.3. The number of hydrogen-bond donors (Lipinski definition) is 2. The molecule has 120 valence electrons. The molecule has 0 heterocycles. The molecule has 1 aromatic carbocycles. The van der Waals surface area contributed by atoms with Crippen LogP contribution in [0, 0.1) is 0 Å². The van der Waals surface area contributed by atoms with Gasteiger partial charge >= 0.3 is 5.97 Å². The van der Waals surface area contributed by atoms with E-state index >= 15 is 0 Å². The molecule has 1 atom stereocenters. The molecule has 0 unspecified atom stereocenters. The monoisotopic (exact) mass is 326 g/mol. The van der Waals surface area contributed by atoms with Crippen molar-refractivity contribution in [2.24, 2.45) is 0 Å². The Balaban J connectivity index is 2.06. The maximum atomic E-state index is 12.0. The molecule has 1 fully saturated rings. The predicted octanol–water partition coefficient (Wildman–Crippen LogP) is 0.419. The second kappa shape index (κ2) is 6.45. The van der Waals surface area contributed by atoms with Gasteiger partial charge in [0, 0.05) is 6.04 Å². The summed E-state index contributed by atoms with van der Waals surface area (Å²) in [5.74, 6) is -1.10. The molecule has 1 aromatic rings. The fraction of sp³-hybridized carbons (Fsp3) is 0.429. The van der Waals surface area contributed by atoms with Crippen LogP contribution in [0.5, 0.6) is 0 Å². The largest absolute Gasteiger partial charge is 0.449 e. The van der Waals surface area contributed by atoms with Gasteiger partial charge in [0.25, 0.3) is 5.91 Å². The van der Waals surface area contributed by atoms with E-state index in [2.05, 4.69) is 10.0 Å². The summed E-state index contributed by atoms with van der Waals surface area (Å²) in [6, 6.07) is 5.63. The van der Waals surface area contributed by atoms with Gasteiger partial charge in [0.15, 0.2) is 6.10 Å². The third-order valence-electron chi connectivity index (χ3n) is 3.23. The van der Waals surface area contributed by atoms with Crippen LogP contribution in [0.1, 0.15) is 30.1 Å². The Morgan fingerprint density at radius 3 is 2.59 bits per heavy atom. The first-order chi connectivity index (χ1) is 10.3. The molecule has 1 amide bonds. The summed E-state index contributed by atoms with van der Waals surface area (Å²) in [4.78, 5) is 23.7. The molecule has 0 saturated heterocycles. The topological polar surface area (TPSA) is 102 Å². The van der Waals surface area contributed by atoms with Crippen molar-refractivity contribution in [3.05, 3.63) is 29.8 Å². The highest BCUT2D eigenvalue weighted by Gasteiger charge is 2.27. The van der Waals surface area contributed by atoms with Crippen LogP contribution in [-0.4, -0.2) is 39.5 Å². The normalized spacial score (nSPS) is 15.9. The Morgan fingerprint density at radius 2 is 2.00 bits per heavy atom. The van der Waals surface area contributed by atoms with Crippen LogP contribution in [0.4, 0.5) is 0 Å². The highest BCUT2D eigenvalue weighted by atomic mass is 32.2. The van der Waals surface area contributed by atoms with Crippen molar-refractivity contribution in [2.45, 2.75) is 36.8 Å². The molecular weight excluding hydrogens is 308 g/mol. The summed E-state index contributed by atoms with van der Waals surface area (Å²) < 4.78 is 30.6. The SMILES string of the molecule is CNS(=O)(=O)c1cccc(C(=O)O[C@H](C)C(=O)NC2CC2)c1. The number of hydrogen-bond acceptors (Lipinski definition) is 5. The molecule has 2 N–H and O–H groups in total. The number of carbonyl (C=O) groups excluding carboxylic acids is 2. The standard InChI is InChI=1S/C14H18N2O5S/c1-9(13(17)16-11-6-7-11)21-14(18)10-4-3-5-12(8-10)22(19,20)15-2/h3-5,8-9,11,15H,6-7H2,1-2H3,(H,16,17)/t9-/m1/s1. The predicted molar refractivity (Wildman–Crippen MR) is 78.7 cm³/mol. The lowest BCUT2D eigenvalue weighted by molar-refractivity contribution is -0.129. The van der Waals surface area contributed by atoms with Crippen LogP contribution in [0.3, 0.4) is 0 Å². The van der Waals surface area contributed by atoms with Gasteiger partial charge in [-0.15, -0.1) is 0 Å². The molecule has 8 heteroatoms. The minimum atomic E-state index is -3.64. The number of sulfonamides is 1. The summed E-state index contributed by atoms with van der Waals surface area (Å²) >= 11 is 0. The van der Waals surface area contributed by atoms with Gasteiger partial charge in [-0.05, 0) is 45.0 Å². The molecule has 0 radical (unpaired) electrons. The van der Waals surface area contributed by atoms with E-state index in [4.69, 9.17) is 4.74 Å². The molecule has 7 nitrogen and oxygen atoms in total. The highest BCUT2D eigenvalue weighted by molar-refractivity contribution is 7.89. The first-order valence-corrected chi connectivity index (χ1v) is 8.37. The van der Waals surface area contributed by atoms with Gasteiger partial charge in [-0.2, -0.15) is 0 Å². The van der Waals surface area contributed by atoms with Crippen LogP contribution in [0.25, 0.3) is 0 Å². The number of nitrogens with one attached hydrogen (secondary N) is 2. The second-order valence-corrected chi connectivity index (χ2v) is 6.95. The number of esters is 1. The van der Waals surface area contributed by atoms with Crippen molar-refractivity contribution in [1.29, 1.82) is 0 Å². The van der Waals surface area contributed by atoms with Gasteiger partial charge in [0.1, 0.15) is 0 Å². The molecule has 0 bridgehead atoms. The maximum absolute atomic E-state index is 12.0. The summed E-state index contributed by atoms with van der Waals surface area (Å²) in [5, 5.41) is 2.73. The Hall–Kier alpha value is -1.93. The van der Waals surface area contributed by atoms with Gasteiger partial charge in [-0.1, -0.05) is 6.07 Å². The maximum Gasteiger partial charge on any atom is 0.338 e. The summed E-state index contributed by atoms with van der Waals surface area (Å²) in [6.07, 6.45) is 0.949. The second-order valence-electron chi connectivity index (χ2n) is 5.07. The van der Waals surface area contributed by atoms with Crippen molar-refractivity contribution >= 4 is 21.9 Å². The molecule has 0 spiro atoms. The third kappa shape index (κ3) is 4.05. The average molecular weight is 326 g/mol. The van der Waals surface area contributed by atoms with E-state index in [0.717, 1.165) is 12.8 Å². The van der Waals surface area contributed by atoms with Crippen LogP contribution in [0.15, 0.2) is 29.2 Å². The van der Waals surface area contributed by atoms with Crippen LogP contribution in [-0.2, 0) is 19.6 Å². The van der Waals surface area contributed by atoms with Crippen LogP contribution < -0.4 is 10.0 Å². The fourth-order valence-corrected chi connectivity index (χ4v) is 2.51. The van der Waals surface area contributed by atoms with Crippen molar-refractivity contribution in [1.82, 2.24) is 10.0 Å². The molecule has 22 heavy (non-hydrogen) atoms. The molecule has 0 aliphatic heterocycles. The Morgan fingerprint density at radius 1 is 1.32 bits per heavy atom. The van der Waals surface area contributed by atoms with Gasteiger partial charge in [0.2, 0.25) is 10.0 Å². The molecule has 1 aliphatic carbocycles. The quantitative estimate of drug-likeness (QED) is 0.738. The molecular formula is C14H18N2O5S. The first kappa shape index (κ1) is 16.4. The smallest absolute Gasteiger partial charge is 0.338 e. The lowest BCUT2D eigenvalue weighted by Gasteiger charge is -2.13. The number of amides is 1. The van der Waals surface area contributed by atoms with Gasteiger partial charge in [-0.3, -0.25) is 4.79 Å². The number of ether oxygens (including phenoxy) is 1. The zero-order valence-corrected chi connectivity index (χ0v) is 13.1. The van der Waals surface area contributed by atoms with E-state index in [1.807, 2.05) is 0 Å². The van der Waals surface area contributed by atoms with Crippen LogP contribution >= 0.6 is 0 Å². The van der Waals surface area contributed by atoms with Crippen molar-refractivity contribution in [2.75, 3.05) is 7.05 Å². The summed E-state index contributed by atoms with van der Waals surface area (Å²) in [6.45, 7) is 1.48. The Bertz CT molecular complexity index is 682. The van der Waals surface area contributed by atoms with Gasteiger partial charge in [0.05, 0.1) is 10.5 Å². The molecule has 2 rings (SSSR count). The van der Waals surface area contributed by atoms with E-state index in [9.17, 15) is 18.0 Å². The number of carbonyl (C=O) groups is 2. The third-order valence-corrected chi connectivity index (χ3v) is 4.64. The lowest BCUT2D eigenvalue weighted by Crippen LogP contribution is -2.37. The highest BCUT2D eigenvalue weighted by Crippen LogP contribution is 2.19. The van der Waals surface area contributed by atoms with Gasteiger partial charge in [-0.25, -0.2) is 17.9 Å². The van der Waals surface area contributed by atoms with Crippen molar-refractivity contribution in [3.8, 4) is 0 Å². The average Bonchev–Trinajstić information content (AvgIpc) is 3.31. The lowest BCUT2D eigenvalue weighted by atomic mass is 10.2. The Kier molecular flexibility index (Phi) is 4.82. The van der Waals surface area contributed by atoms with E-state index < -0.39 is 22.1 Å². The molecule has 1 saturated carbocycles. The number of rotatable bonds is 6. The van der Waals surface area contributed by atoms with Crippen molar-refractivity contribution in [3.63, 3.8) is 0 Å². The van der Waals surface area contributed by atoms with E-state index in [0.29, 0.717) is 0 Å².